The number of hydrogen-bond acceptors (Lipinski definition) is 25. The maximum atomic E-state index is 12.7. The summed E-state index contributed by atoms with van der Waals surface area (Å²) in [5, 5.41) is 47.6. The summed E-state index contributed by atoms with van der Waals surface area (Å²) < 4.78 is 60.9. The van der Waals surface area contributed by atoms with Crippen LogP contribution in [-0.2, 0) is 55.5 Å². The third-order valence-corrected chi connectivity index (χ3v) is 16.0. The molecule has 2 aromatic heterocycles. The number of nitrogens with two attached hydrogens (primary N) is 1. The van der Waals surface area contributed by atoms with E-state index in [-0.39, 0.29) is 59.7 Å². The van der Waals surface area contributed by atoms with Crippen LogP contribution < -0.4 is 41.0 Å². The standard InChI is InChI=1S/C41H72N7O20P3S/c1-24(10-8-12-26(3)19-31(51)52)9-7-11-25(2)13-14-28(49)27(4)40(56)72-18-17-43-30(50)15-16-44-38(55)35(54)41(5,6)21-65-71(62,63)68-70(60,61)64-20-29-34(67-69(57,58)59)33(53)39(66-29)48-23-47-32-36(42)45-22-46-37(32)48/h22-29,33-35,39,49,53-54H,7-21H2,1-6H3,(H,43,50)(H,44,55)(H,51,52)(H,60,61)(H,62,63)(H2,42,45,46)(H2,57,58,59)/p-5/t24?,25?,26?,27?,28?,29-,33+,34-,35+,39-/m1/s1. The number of fused-ring (bicyclic) bond motifs is 1. The van der Waals surface area contributed by atoms with Crippen LogP contribution in [0.25, 0.3) is 11.2 Å². The van der Waals surface area contributed by atoms with Crippen LogP contribution in [-0.4, -0.2) is 120 Å². The Kier molecular flexibility index (Phi) is 25.3. The molecule has 0 aliphatic carbocycles. The van der Waals surface area contributed by atoms with Crippen LogP contribution >= 0.6 is 35.2 Å². The van der Waals surface area contributed by atoms with Gasteiger partial charge in [-0.2, -0.15) is 0 Å². The zero-order valence-corrected chi connectivity index (χ0v) is 44.4. The quantitative estimate of drug-likeness (QED) is 0.0373. The number of nitrogens with one attached hydrogen (secondary N) is 2. The molecule has 1 aliphatic heterocycles. The summed E-state index contributed by atoms with van der Waals surface area (Å²) in [5.74, 6) is -2.06. The van der Waals surface area contributed by atoms with Gasteiger partial charge in [0.1, 0.15) is 36.3 Å². The normalized spacial score (nSPS) is 21.7. The number of rotatable bonds is 34. The fourth-order valence-electron chi connectivity index (χ4n) is 7.56. The molecule has 0 saturated carbocycles. The highest BCUT2D eigenvalue weighted by atomic mass is 32.2. The van der Waals surface area contributed by atoms with Crippen LogP contribution in [0, 0.1) is 29.1 Å². The number of aromatic nitrogens is 4. The highest BCUT2D eigenvalue weighted by Crippen LogP contribution is 2.56. The van der Waals surface area contributed by atoms with Gasteiger partial charge >= 0.3 is 0 Å². The van der Waals surface area contributed by atoms with Crippen molar-refractivity contribution in [2.24, 2.45) is 29.1 Å². The highest BCUT2D eigenvalue weighted by Gasteiger charge is 2.47. The lowest BCUT2D eigenvalue weighted by Crippen LogP contribution is -2.46. The van der Waals surface area contributed by atoms with Crippen LogP contribution in [0.3, 0.4) is 0 Å². The van der Waals surface area contributed by atoms with Gasteiger partial charge in [-0.15, -0.1) is 0 Å². The van der Waals surface area contributed by atoms with Gasteiger partial charge in [-0.1, -0.05) is 91.8 Å². The number of carboxylic acids is 1. The maximum absolute atomic E-state index is 12.7. The van der Waals surface area contributed by atoms with E-state index in [1.807, 2.05) is 6.92 Å². The molecule has 7 unspecified atom stereocenters. The number of thioether (sulfide) groups is 1. The van der Waals surface area contributed by atoms with Crippen molar-refractivity contribution in [2.75, 3.05) is 37.8 Å². The minimum atomic E-state index is -5.95. The molecule has 7 N–H and O–H groups in total. The second-order valence-corrected chi connectivity index (χ2v) is 24.0. The summed E-state index contributed by atoms with van der Waals surface area (Å²) >= 11 is 0.965. The third-order valence-electron chi connectivity index (χ3n) is 11.9. The largest absolute Gasteiger partial charge is 0.790 e. The van der Waals surface area contributed by atoms with E-state index in [1.165, 1.54) is 13.8 Å². The number of carbonyl (C=O) groups is 4. The Morgan fingerprint density at radius 2 is 1.50 bits per heavy atom. The fraction of sp³-hybridized carbons (Fsp3) is 0.780. The van der Waals surface area contributed by atoms with Crippen molar-refractivity contribution in [1.29, 1.82) is 0 Å². The van der Waals surface area contributed by atoms with Crippen molar-refractivity contribution in [3.8, 4) is 0 Å². The SMILES string of the molecule is CC(CCCC(C)CCC(O)C(C)C(=O)SCCNC(=O)CCNC(=O)[C@H](O)C(C)(C)COP(=O)([O-])OP(=O)([O-])OC[C@H]1O[C@@H](n2cnc3c(N)ncnc32)[C@@H](O)[C@@H]1OP(=O)([O-])[O-])CCCC(C)CC(=O)[O-]. The number of phosphoric ester groups is 3. The van der Waals surface area contributed by atoms with E-state index in [0.29, 0.717) is 18.3 Å². The van der Waals surface area contributed by atoms with E-state index in [1.54, 1.807) is 6.92 Å². The van der Waals surface area contributed by atoms with Gasteiger partial charge in [0.2, 0.25) is 11.8 Å². The average molecular weight is 1100 g/mol. The number of aliphatic hydroxyl groups is 3. The molecule has 1 saturated heterocycles. The van der Waals surface area contributed by atoms with Crippen LogP contribution in [0.4, 0.5) is 5.82 Å². The van der Waals surface area contributed by atoms with Crippen LogP contribution in [0.15, 0.2) is 12.7 Å². The summed E-state index contributed by atoms with van der Waals surface area (Å²) in [7, 11) is -17.7. The van der Waals surface area contributed by atoms with Gasteiger partial charge < -0.3 is 84.0 Å². The summed E-state index contributed by atoms with van der Waals surface area (Å²) in [6, 6.07) is 0. The number of aliphatic hydroxyl groups excluding tert-OH is 3. The van der Waals surface area contributed by atoms with Crippen molar-refractivity contribution < 1.29 is 95.5 Å². The number of amides is 2. The fourth-order valence-corrected chi connectivity index (χ4v) is 11.1. The summed E-state index contributed by atoms with van der Waals surface area (Å²) in [6.45, 7) is 7.78. The zero-order chi connectivity index (χ0) is 54.2. The number of ether oxygens (including phenoxy) is 1. The van der Waals surface area contributed by atoms with Crippen molar-refractivity contribution in [3.05, 3.63) is 12.7 Å². The molecule has 31 heteroatoms. The summed E-state index contributed by atoms with van der Waals surface area (Å²) in [4.78, 5) is 108. The molecule has 0 radical (unpaired) electrons. The van der Waals surface area contributed by atoms with E-state index >= 15 is 0 Å². The first-order valence-corrected chi connectivity index (χ1v) is 28.6. The molecule has 1 aliphatic rings. The van der Waals surface area contributed by atoms with E-state index in [2.05, 4.69) is 57.3 Å². The summed E-state index contributed by atoms with van der Waals surface area (Å²) in [6.07, 6.45) is -1.30. The van der Waals surface area contributed by atoms with Crippen LogP contribution in [0.2, 0.25) is 0 Å². The predicted octanol–water partition coefficient (Wildman–Crippen LogP) is -0.697. The van der Waals surface area contributed by atoms with E-state index < -0.39 is 103 Å². The molecule has 0 bridgehead atoms. The second kappa shape index (κ2) is 28.8. The molecular formula is C41H67N7O20P3S-5. The molecule has 3 rings (SSSR count). The van der Waals surface area contributed by atoms with Crippen LogP contribution in [0.1, 0.15) is 112 Å². The van der Waals surface area contributed by atoms with Crippen molar-refractivity contribution in [1.82, 2.24) is 30.2 Å². The maximum Gasteiger partial charge on any atom is 0.274 e. The van der Waals surface area contributed by atoms with Gasteiger partial charge in [0.05, 0.1) is 39.4 Å². The number of anilines is 1. The lowest BCUT2D eigenvalue weighted by Gasteiger charge is -2.36. The van der Waals surface area contributed by atoms with Gasteiger partial charge in [-0.05, 0) is 37.0 Å². The zero-order valence-electron chi connectivity index (χ0n) is 40.9. The van der Waals surface area contributed by atoms with E-state index in [0.717, 1.165) is 73.9 Å². The first-order chi connectivity index (χ1) is 33.4. The summed E-state index contributed by atoms with van der Waals surface area (Å²) in [5.41, 5.74) is 4.03. The molecule has 2 aromatic rings. The van der Waals surface area contributed by atoms with E-state index in [9.17, 15) is 72.9 Å². The Morgan fingerprint density at radius 3 is 2.12 bits per heavy atom. The third kappa shape index (κ3) is 21.7. The first kappa shape index (κ1) is 63.3. The van der Waals surface area contributed by atoms with Gasteiger partial charge in [-0.25, -0.2) is 19.3 Å². The topological polar surface area (TPSA) is 435 Å². The minimum absolute atomic E-state index is 0.0309. The minimum Gasteiger partial charge on any atom is -0.790 e. The lowest BCUT2D eigenvalue weighted by molar-refractivity contribution is -0.347. The smallest absolute Gasteiger partial charge is 0.274 e. The van der Waals surface area contributed by atoms with Crippen LogP contribution in [0.5, 0.6) is 0 Å². The Morgan fingerprint density at radius 1 is 0.889 bits per heavy atom. The number of aliphatic carboxylic acids is 1. The van der Waals surface area contributed by atoms with Crippen molar-refractivity contribution in [2.45, 2.75) is 142 Å². The predicted molar refractivity (Wildman–Crippen MR) is 247 cm³/mol. The van der Waals surface area contributed by atoms with Gasteiger partial charge in [0.25, 0.3) is 15.6 Å². The number of carbonyl (C=O) groups excluding carboxylic acids is 4. The molecule has 2 amide bonds. The molecule has 1 fully saturated rings. The monoisotopic (exact) mass is 1100 g/mol. The Balaban J connectivity index is 1.34. The number of imidazole rings is 1. The number of carboxylic acid groups (broad SMARTS) is 1. The van der Waals surface area contributed by atoms with E-state index in [4.69, 9.17) is 10.5 Å². The average Bonchev–Trinajstić information content (AvgIpc) is 3.84. The number of hydrogen-bond donors (Lipinski definition) is 6. The van der Waals surface area contributed by atoms with Gasteiger partial charge in [-0.3, -0.25) is 28.1 Å². The molecular weight excluding hydrogens is 1040 g/mol. The molecule has 0 aromatic carbocycles. The lowest BCUT2D eigenvalue weighted by atomic mass is 9.87. The number of nitrogen functional groups attached to an aromatic ring is 1. The Hall–Kier alpha value is -3.01. The van der Waals surface area contributed by atoms with Gasteiger partial charge in [0.15, 0.2) is 22.8 Å². The molecule has 72 heavy (non-hydrogen) atoms. The number of phosphoric acid groups is 3. The molecule has 3 heterocycles. The van der Waals surface area contributed by atoms with Crippen molar-refractivity contribution >= 4 is 75.1 Å². The highest BCUT2D eigenvalue weighted by molar-refractivity contribution is 8.13. The Bertz CT molecular complexity index is 2240. The first-order valence-electron chi connectivity index (χ1n) is 23.3. The molecule has 12 atom stereocenters. The number of nitrogens with zero attached hydrogens (tertiary/aromatic N) is 4. The molecule has 412 valence electrons. The molecule has 27 nitrogen and oxygen atoms in total. The molecule has 0 spiro atoms. The van der Waals surface area contributed by atoms with Gasteiger partial charge in [0, 0.05) is 36.6 Å². The second-order valence-electron chi connectivity index (χ2n) is 18.8. The van der Waals surface area contributed by atoms with Crippen molar-refractivity contribution in [3.63, 3.8) is 0 Å². The Labute approximate surface area is 421 Å².